The number of rotatable bonds is 4. The van der Waals surface area contributed by atoms with Crippen LogP contribution in [0, 0.1) is 0 Å². The SMILES string of the molecule is CCN(c1ncc(B2OC(C)(C)C(C)(C)O2)cn1)C(C)C. The van der Waals surface area contributed by atoms with Gasteiger partial charge in [-0.1, -0.05) is 0 Å². The zero-order valence-electron chi connectivity index (χ0n) is 14.2. The van der Waals surface area contributed by atoms with Crippen LogP contribution in [0.25, 0.3) is 0 Å². The smallest absolute Gasteiger partial charge is 0.399 e. The summed E-state index contributed by atoms with van der Waals surface area (Å²) < 4.78 is 12.0. The van der Waals surface area contributed by atoms with Crippen molar-refractivity contribution in [1.82, 2.24) is 9.97 Å². The zero-order valence-corrected chi connectivity index (χ0v) is 14.2. The molecule has 0 aromatic carbocycles. The van der Waals surface area contributed by atoms with Gasteiger partial charge in [-0.3, -0.25) is 0 Å². The predicted octanol–water partition coefficient (Wildman–Crippen LogP) is 2.01. The molecule has 5 nitrogen and oxygen atoms in total. The van der Waals surface area contributed by atoms with Crippen LogP contribution < -0.4 is 10.4 Å². The van der Waals surface area contributed by atoms with E-state index in [1.807, 2.05) is 27.7 Å². The van der Waals surface area contributed by atoms with Crippen molar-refractivity contribution in [2.45, 2.75) is 65.7 Å². The molecule has 0 bridgehead atoms. The first-order valence-electron chi connectivity index (χ1n) is 7.62. The van der Waals surface area contributed by atoms with Gasteiger partial charge >= 0.3 is 7.12 Å². The Morgan fingerprint density at radius 3 is 1.95 bits per heavy atom. The van der Waals surface area contributed by atoms with Crippen LogP contribution in [0.3, 0.4) is 0 Å². The minimum Gasteiger partial charge on any atom is -0.399 e. The van der Waals surface area contributed by atoms with Crippen LogP contribution in [0.2, 0.25) is 0 Å². The van der Waals surface area contributed by atoms with Crippen LogP contribution in [0.4, 0.5) is 5.95 Å². The van der Waals surface area contributed by atoms with E-state index in [1.165, 1.54) is 0 Å². The Hall–Kier alpha value is -1.14. The van der Waals surface area contributed by atoms with E-state index in [2.05, 4.69) is 35.6 Å². The van der Waals surface area contributed by atoms with E-state index in [-0.39, 0.29) is 11.2 Å². The molecule has 116 valence electrons. The molecule has 2 heterocycles. The first-order valence-corrected chi connectivity index (χ1v) is 7.62. The molecule has 1 aromatic heterocycles. The lowest BCUT2D eigenvalue weighted by atomic mass is 9.81. The van der Waals surface area contributed by atoms with Crippen LogP contribution in [0.15, 0.2) is 12.4 Å². The molecule has 0 radical (unpaired) electrons. The molecule has 1 aromatic rings. The molecule has 1 aliphatic rings. The molecule has 2 rings (SSSR count). The van der Waals surface area contributed by atoms with Crippen LogP contribution in [0.5, 0.6) is 0 Å². The van der Waals surface area contributed by atoms with E-state index in [1.54, 1.807) is 12.4 Å². The van der Waals surface area contributed by atoms with Crippen LogP contribution >= 0.6 is 0 Å². The van der Waals surface area contributed by atoms with Crippen LogP contribution in [-0.4, -0.2) is 40.9 Å². The van der Waals surface area contributed by atoms with E-state index in [9.17, 15) is 0 Å². The van der Waals surface area contributed by atoms with Crippen molar-refractivity contribution in [3.05, 3.63) is 12.4 Å². The molecule has 0 saturated carbocycles. The molecule has 1 aliphatic heterocycles. The van der Waals surface area contributed by atoms with Gasteiger partial charge in [-0.25, -0.2) is 9.97 Å². The Morgan fingerprint density at radius 2 is 1.57 bits per heavy atom. The van der Waals surface area contributed by atoms with Gasteiger partial charge in [-0.2, -0.15) is 0 Å². The molecule has 6 heteroatoms. The Bertz CT molecular complexity index is 472. The fraction of sp³-hybridized carbons (Fsp3) is 0.733. The average Bonchev–Trinajstić information content (AvgIpc) is 2.59. The zero-order chi connectivity index (χ0) is 15.8. The minimum atomic E-state index is -0.404. The third kappa shape index (κ3) is 3.06. The van der Waals surface area contributed by atoms with Gasteiger partial charge in [0.15, 0.2) is 0 Å². The highest BCUT2D eigenvalue weighted by Crippen LogP contribution is 2.36. The van der Waals surface area contributed by atoms with E-state index < -0.39 is 7.12 Å². The highest BCUT2D eigenvalue weighted by Gasteiger charge is 2.51. The second-order valence-corrected chi connectivity index (χ2v) is 6.78. The lowest BCUT2D eigenvalue weighted by Crippen LogP contribution is -2.41. The standard InChI is InChI=1S/C15H26BN3O2/c1-8-19(11(2)3)13-17-9-12(10-18-13)16-20-14(4,5)15(6,7)21-16/h9-11H,8H2,1-7H3. The molecule has 21 heavy (non-hydrogen) atoms. The number of nitrogens with zero attached hydrogens (tertiary/aromatic N) is 3. The maximum atomic E-state index is 6.01. The summed E-state index contributed by atoms with van der Waals surface area (Å²) in [7, 11) is -0.404. The Labute approximate surface area is 128 Å². The van der Waals surface area contributed by atoms with Gasteiger partial charge in [0.1, 0.15) is 0 Å². The largest absolute Gasteiger partial charge is 0.498 e. The van der Waals surface area contributed by atoms with Gasteiger partial charge in [0.05, 0.1) is 11.2 Å². The highest BCUT2D eigenvalue weighted by atomic mass is 16.7. The number of aromatic nitrogens is 2. The topological polar surface area (TPSA) is 47.5 Å². The summed E-state index contributed by atoms with van der Waals surface area (Å²) in [6.07, 6.45) is 3.60. The summed E-state index contributed by atoms with van der Waals surface area (Å²) in [5.74, 6) is 0.743. The minimum absolute atomic E-state index is 0.344. The average molecular weight is 291 g/mol. The van der Waals surface area contributed by atoms with Gasteiger partial charge in [-0.05, 0) is 48.5 Å². The molecule has 0 atom stereocenters. The van der Waals surface area contributed by atoms with Gasteiger partial charge in [-0.15, -0.1) is 0 Å². The molecule has 0 aliphatic carbocycles. The van der Waals surface area contributed by atoms with Crippen molar-refractivity contribution in [3.63, 3.8) is 0 Å². The number of hydrogen-bond acceptors (Lipinski definition) is 5. The number of anilines is 1. The van der Waals surface area contributed by atoms with Gasteiger partial charge < -0.3 is 14.2 Å². The van der Waals surface area contributed by atoms with E-state index in [0.717, 1.165) is 18.0 Å². The first-order chi connectivity index (χ1) is 9.68. The van der Waals surface area contributed by atoms with Gasteiger partial charge in [0, 0.05) is 30.4 Å². The summed E-state index contributed by atoms with van der Waals surface area (Å²) in [5.41, 5.74) is 0.171. The lowest BCUT2D eigenvalue weighted by molar-refractivity contribution is 0.00578. The summed E-state index contributed by atoms with van der Waals surface area (Å²) >= 11 is 0. The Morgan fingerprint density at radius 1 is 1.10 bits per heavy atom. The number of hydrogen-bond donors (Lipinski definition) is 0. The maximum absolute atomic E-state index is 6.01. The first kappa shape index (κ1) is 16.2. The van der Waals surface area contributed by atoms with Crippen molar-refractivity contribution in [1.29, 1.82) is 0 Å². The Balaban J connectivity index is 2.17. The van der Waals surface area contributed by atoms with E-state index >= 15 is 0 Å². The second kappa shape index (κ2) is 5.57. The summed E-state index contributed by atoms with van der Waals surface area (Å²) in [6.45, 7) is 15.4. The molecular weight excluding hydrogens is 265 g/mol. The molecule has 1 saturated heterocycles. The highest BCUT2D eigenvalue weighted by molar-refractivity contribution is 6.61. The molecule has 0 N–H and O–H groups in total. The summed E-state index contributed by atoms with van der Waals surface area (Å²) in [4.78, 5) is 11.1. The maximum Gasteiger partial charge on any atom is 0.498 e. The van der Waals surface area contributed by atoms with Crippen molar-refractivity contribution in [2.75, 3.05) is 11.4 Å². The fourth-order valence-corrected chi connectivity index (χ4v) is 2.32. The normalized spacial score (nSPS) is 20.1. The van der Waals surface area contributed by atoms with Crippen molar-refractivity contribution >= 4 is 18.5 Å². The predicted molar refractivity (Wildman–Crippen MR) is 85.9 cm³/mol. The Kier molecular flexibility index (Phi) is 4.31. The molecular formula is C15H26BN3O2. The lowest BCUT2D eigenvalue weighted by Gasteiger charge is -2.32. The van der Waals surface area contributed by atoms with Crippen molar-refractivity contribution < 1.29 is 9.31 Å². The monoisotopic (exact) mass is 291 g/mol. The van der Waals surface area contributed by atoms with Crippen molar-refractivity contribution in [2.24, 2.45) is 0 Å². The van der Waals surface area contributed by atoms with E-state index in [0.29, 0.717) is 6.04 Å². The molecule has 0 spiro atoms. The fourth-order valence-electron chi connectivity index (χ4n) is 2.32. The summed E-state index contributed by atoms with van der Waals surface area (Å²) in [6, 6.07) is 0.373. The van der Waals surface area contributed by atoms with Crippen LogP contribution in [-0.2, 0) is 9.31 Å². The quantitative estimate of drug-likeness (QED) is 0.794. The summed E-state index contributed by atoms with van der Waals surface area (Å²) in [5, 5.41) is 0. The molecule has 0 unspecified atom stereocenters. The molecule has 0 amide bonds. The third-order valence-corrected chi connectivity index (χ3v) is 4.40. The third-order valence-electron chi connectivity index (χ3n) is 4.40. The van der Waals surface area contributed by atoms with E-state index in [4.69, 9.17) is 9.31 Å². The van der Waals surface area contributed by atoms with Gasteiger partial charge in [0.2, 0.25) is 5.95 Å². The van der Waals surface area contributed by atoms with Gasteiger partial charge in [0.25, 0.3) is 0 Å². The second-order valence-electron chi connectivity index (χ2n) is 6.78. The molecule has 1 fully saturated rings. The van der Waals surface area contributed by atoms with Crippen molar-refractivity contribution in [3.8, 4) is 0 Å². The van der Waals surface area contributed by atoms with Crippen LogP contribution in [0.1, 0.15) is 48.5 Å².